The molecule has 0 aromatic rings. The molecule has 1 rings (SSSR count). The number of hydrogen-bond acceptors (Lipinski definition) is 2. The maximum Gasteiger partial charge on any atom is 0.413 e. The van der Waals surface area contributed by atoms with Gasteiger partial charge in [0.05, 0.1) is 0 Å². The molecule has 1 amide bonds. The standard InChI is InChI=1S/C7H10N2O2/c1-5-3-4-8-6(2)9(5)7(10)11/h3-4,6H,1-2H3,(H,10,11). The van der Waals surface area contributed by atoms with E-state index in [1.807, 2.05) is 0 Å². The molecule has 1 aliphatic heterocycles. The molecular weight excluding hydrogens is 144 g/mol. The van der Waals surface area contributed by atoms with Gasteiger partial charge in [0.15, 0.2) is 0 Å². The van der Waals surface area contributed by atoms with Crippen LogP contribution in [-0.2, 0) is 0 Å². The van der Waals surface area contributed by atoms with Gasteiger partial charge < -0.3 is 5.11 Å². The van der Waals surface area contributed by atoms with Crippen molar-refractivity contribution in [2.24, 2.45) is 4.99 Å². The van der Waals surface area contributed by atoms with Crippen molar-refractivity contribution in [2.75, 3.05) is 0 Å². The van der Waals surface area contributed by atoms with E-state index < -0.39 is 6.09 Å². The van der Waals surface area contributed by atoms with Gasteiger partial charge in [0.2, 0.25) is 0 Å². The third kappa shape index (κ3) is 1.39. The van der Waals surface area contributed by atoms with Crippen molar-refractivity contribution >= 4 is 12.3 Å². The maximum atomic E-state index is 10.6. The molecule has 0 spiro atoms. The minimum absolute atomic E-state index is 0.294. The fourth-order valence-corrected chi connectivity index (χ4v) is 1.03. The zero-order chi connectivity index (χ0) is 8.43. The summed E-state index contributed by atoms with van der Waals surface area (Å²) < 4.78 is 0. The van der Waals surface area contributed by atoms with Gasteiger partial charge >= 0.3 is 6.09 Å². The molecule has 1 heterocycles. The molecule has 0 aromatic carbocycles. The Kier molecular flexibility index (Phi) is 1.94. The molecule has 1 atom stereocenters. The van der Waals surface area contributed by atoms with Gasteiger partial charge in [-0.1, -0.05) is 0 Å². The Balaban J connectivity index is 2.86. The second kappa shape index (κ2) is 2.74. The predicted molar refractivity (Wildman–Crippen MR) is 41.6 cm³/mol. The van der Waals surface area contributed by atoms with Gasteiger partial charge in [-0.15, -0.1) is 0 Å². The van der Waals surface area contributed by atoms with Crippen LogP contribution in [0, 0.1) is 0 Å². The van der Waals surface area contributed by atoms with Crippen LogP contribution in [0.15, 0.2) is 16.8 Å². The molecule has 0 aromatic heterocycles. The van der Waals surface area contributed by atoms with Gasteiger partial charge in [0.25, 0.3) is 0 Å². The second-order valence-electron chi connectivity index (χ2n) is 2.39. The number of carboxylic acid groups (broad SMARTS) is 1. The van der Waals surface area contributed by atoms with Gasteiger partial charge in [0, 0.05) is 11.9 Å². The summed E-state index contributed by atoms with van der Waals surface area (Å²) in [6.07, 6.45) is 2.05. The van der Waals surface area contributed by atoms with E-state index in [1.165, 1.54) is 4.90 Å². The number of carbonyl (C=O) groups is 1. The molecule has 0 fully saturated rings. The third-order valence-electron chi connectivity index (χ3n) is 1.58. The molecule has 1 N–H and O–H groups in total. The van der Waals surface area contributed by atoms with Gasteiger partial charge in [0.1, 0.15) is 6.17 Å². The highest BCUT2D eigenvalue weighted by Crippen LogP contribution is 2.12. The number of aliphatic imine (C=N–C) groups is 1. The van der Waals surface area contributed by atoms with Crippen molar-refractivity contribution < 1.29 is 9.90 Å². The Labute approximate surface area is 64.8 Å². The largest absolute Gasteiger partial charge is 0.465 e. The summed E-state index contributed by atoms with van der Waals surface area (Å²) in [6.45, 7) is 3.48. The number of nitrogens with zero attached hydrogens (tertiary/aromatic N) is 2. The average Bonchev–Trinajstić information content (AvgIpc) is 1.85. The lowest BCUT2D eigenvalue weighted by molar-refractivity contribution is 0.146. The van der Waals surface area contributed by atoms with Crippen molar-refractivity contribution in [1.82, 2.24) is 4.90 Å². The zero-order valence-corrected chi connectivity index (χ0v) is 6.48. The van der Waals surface area contributed by atoms with Crippen molar-refractivity contribution in [3.05, 3.63) is 11.8 Å². The molecule has 11 heavy (non-hydrogen) atoms. The molecule has 0 saturated carbocycles. The van der Waals surface area contributed by atoms with Gasteiger partial charge in [-0.25, -0.2) is 4.79 Å². The summed E-state index contributed by atoms with van der Waals surface area (Å²) in [4.78, 5) is 15.7. The summed E-state index contributed by atoms with van der Waals surface area (Å²) in [5, 5.41) is 8.69. The monoisotopic (exact) mass is 154 g/mol. The molecule has 4 heteroatoms. The van der Waals surface area contributed by atoms with E-state index in [2.05, 4.69) is 4.99 Å². The lowest BCUT2D eigenvalue weighted by atomic mass is 10.3. The Morgan fingerprint density at radius 2 is 2.45 bits per heavy atom. The second-order valence-corrected chi connectivity index (χ2v) is 2.39. The number of hydrogen-bond donors (Lipinski definition) is 1. The normalized spacial score (nSPS) is 23.3. The summed E-state index contributed by atoms with van der Waals surface area (Å²) in [6, 6.07) is 0. The molecule has 0 radical (unpaired) electrons. The lowest BCUT2D eigenvalue weighted by Gasteiger charge is -2.25. The van der Waals surface area contributed by atoms with Crippen LogP contribution in [0.2, 0.25) is 0 Å². The van der Waals surface area contributed by atoms with Crippen LogP contribution in [0.1, 0.15) is 13.8 Å². The van der Waals surface area contributed by atoms with Crippen LogP contribution in [0.4, 0.5) is 4.79 Å². The molecular formula is C7H10N2O2. The summed E-state index contributed by atoms with van der Waals surface area (Å²) in [5.74, 6) is 0. The number of rotatable bonds is 0. The predicted octanol–water partition coefficient (Wildman–Crippen LogP) is 1.30. The lowest BCUT2D eigenvalue weighted by Crippen LogP contribution is -2.36. The highest BCUT2D eigenvalue weighted by molar-refractivity contribution is 5.77. The average molecular weight is 154 g/mol. The van der Waals surface area contributed by atoms with E-state index in [0.29, 0.717) is 5.70 Å². The number of amides is 1. The summed E-state index contributed by atoms with van der Waals surface area (Å²) in [5.41, 5.74) is 0.708. The molecule has 1 unspecified atom stereocenters. The van der Waals surface area contributed by atoms with Gasteiger partial charge in [-0.05, 0) is 19.9 Å². The molecule has 0 bridgehead atoms. The first-order chi connectivity index (χ1) is 5.13. The van der Waals surface area contributed by atoms with Gasteiger partial charge in [-0.3, -0.25) is 9.89 Å². The van der Waals surface area contributed by atoms with E-state index in [1.54, 1.807) is 26.1 Å². The van der Waals surface area contributed by atoms with Crippen LogP contribution in [0.5, 0.6) is 0 Å². The Hall–Kier alpha value is -1.32. The number of allylic oxidation sites excluding steroid dienone is 2. The Morgan fingerprint density at radius 3 is 2.82 bits per heavy atom. The van der Waals surface area contributed by atoms with E-state index in [4.69, 9.17) is 5.11 Å². The minimum atomic E-state index is -0.955. The third-order valence-corrected chi connectivity index (χ3v) is 1.58. The molecule has 1 aliphatic rings. The fourth-order valence-electron chi connectivity index (χ4n) is 1.03. The van der Waals surface area contributed by atoms with E-state index in [9.17, 15) is 4.79 Å². The molecule has 4 nitrogen and oxygen atoms in total. The maximum absolute atomic E-state index is 10.6. The summed E-state index contributed by atoms with van der Waals surface area (Å²) >= 11 is 0. The first-order valence-corrected chi connectivity index (χ1v) is 3.35. The van der Waals surface area contributed by atoms with Crippen LogP contribution >= 0.6 is 0 Å². The van der Waals surface area contributed by atoms with E-state index in [0.717, 1.165) is 0 Å². The highest BCUT2D eigenvalue weighted by atomic mass is 16.4. The van der Waals surface area contributed by atoms with Crippen molar-refractivity contribution in [3.8, 4) is 0 Å². The Morgan fingerprint density at radius 1 is 1.82 bits per heavy atom. The van der Waals surface area contributed by atoms with Crippen molar-refractivity contribution in [2.45, 2.75) is 20.0 Å². The van der Waals surface area contributed by atoms with Crippen LogP contribution < -0.4 is 0 Å². The Bertz CT molecular complexity index is 233. The molecule has 60 valence electrons. The highest BCUT2D eigenvalue weighted by Gasteiger charge is 2.21. The molecule has 0 saturated heterocycles. The van der Waals surface area contributed by atoms with Crippen molar-refractivity contribution in [3.63, 3.8) is 0 Å². The van der Waals surface area contributed by atoms with Crippen molar-refractivity contribution in [1.29, 1.82) is 0 Å². The summed E-state index contributed by atoms with van der Waals surface area (Å²) in [7, 11) is 0. The van der Waals surface area contributed by atoms with Crippen LogP contribution in [0.25, 0.3) is 0 Å². The quantitative estimate of drug-likeness (QED) is 0.571. The molecule has 0 aliphatic carbocycles. The zero-order valence-electron chi connectivity index (χ0n) is 6.48. The van der Waals surface area contributed by atoms with Crippen LogP contribution in [0.3, 0.4) is 0 Å². The topological polar surface area (TPSA) is 52.9 Å². The first kappa shape index (κ1) is 7.78. The fraction of sp³-hybridized carbons (Fsp3) is 0.429. The van der Waals surface area contributed by atoms with E-state index in [-0.39, 0.29) is 6.17 Å². The van der Waals surface area contributed by atoms with Crippen LogP contribution in [-0.4, -0.2) is 28.5 Å². The van der Waals surface area contributed by atoms with E-state index >= 15 is 0 Å². The minimum Gasteiger partial charge on any atom is -0.465 e. The SMILES string of the molecule is CC1=CC=NC(C)N1C(=O)O. The first-order valence-electron chi connectivity index (χ1n) is 3.35. The van der Waals surface area contributed by atoms with Gasteiger partial charge in [-0.2, -0.15) is 0 Å². The smallest absolute Gasteiger partial charge is 0.413 e.